The van der Waals surface area contributed by atoms with Gasteiger partial charge in [0, 0.05) is 19.3 Å². The highest BCUT2D eigenvalue weighted by atomic mass is 32.2. The van der Waals surface area contributed by atoms with Gasteiger partial charge in [-0.15, -0.1) is 0 Å². The number of pyridine rings is 1. The minimum atomic E-state index is -3.70. The van der Waals surface area contributed by atoms with E-state index in [9.17, 15) is 17.6 Å². The van der Waals surface area contributed by atoms with Crippen LogP contribution in [0.5, 0.6) is 0 Å². The van der Waals surface area contributed by atoms with Crippen molar-refractivity contribution in [1.29, 1.82) is 0 Å². The normalized spacial score (nSPS) is 11.4. The Kier molecular flexibility index (Phi) is 7.61. The predicted octanol–water partition coefficient (Wildman–Crippen LogP) is 3.47. The Morgan fingerprint density at radius 2 is 1.87 bits per heavy atom. The topological polar surface area (TPSA) is 101 Å². The van der Waals surface area contributed by atoms with Gasteiger partial charge in [-0.25, -0.2) is 22.5 Å². The first-order valence-electron chi connectivity index (χ1n) is 9.36. The number of hydrogen-bond donors (Lipinski definition) is 2. The lowest BCUT2D eigenvalue weighted by Crippen LogP contribution is -2.25. The fraction of sp³-hybridized carbons (Fsp3) is 0.250. The number of thiazole rings is 1. The zero-order chi connectivity index (χ0) is 21.4. The van der Waals surface area contributed by atoms with Crippen molar-refractivity contribution < 1.29 is 17.6 Å². The Balaban J connectivity index is 1.35. The highest BCUT2D eigenvalue weighted by Crippen LogP contribution is 2.20. The molecule has 0 atom stereocenters. The van der Waals surface area contributed by atoms with Crippen LogP contribution in [0.25, 0.3) is 0 Å². The molecule has 1 aromatic carbocycles. The summed E-state index contributed by atoms with van der Waals surface area (Å²) < 4.78 is 39.8. The molecule has 0 aliphatic carbocycles. The van der Waals surface area contributed by atoms with Crippen molar-refractivity contribution in [2.45, 2.75) is 24.2 Å². The summed E-state index contributed by atoms with van der Waals surface area (Å²) in [6.07, 6.45) is 5.36. The molecule has 0 unspecified atom stereocenters. The Bertz CT molecular complexity index is 1090. The lowest BCUT2D eigenvalue weighted by atomic mass is 10.2. The minimum Gasteiger partial charge on any atom is -0.362 e. The molecule has 2 aromatic heterocycles. The number of sulfonamides is 1. The van der Waals surface area contributed by atoms with Crippen LogP contribution in [0.2, 0.25) is 0 Å². The van der Waals surface area contributed by atoms with E-state index in [-0.39, 0.29) is 17.2 Å². The predicted molar refractivity (Wildman–Crippen MR) is 114 cm³/mol. The number of ketones is 1. The number of carbonyl (C=O) groups excluding carboxylic acids is 1. The average Bonchev–Trinajstić information content (AvgIpc) is 3.22. The Hall–Kier alpha value is -2.69. The van der Waals surface area contributed by atoms with Gasteiger partial charge < -0.3 is 5.32 Å². The number of benzene rings is 1. The summed E-state index contributed by atoms with van der Waals surface area (Å²) >= 11 is 1.27. The summed E-state index contributed by atoms with van der Waals surface area (Å²) in [6.45, 7) is 0.931. The van der Waals surface area contributed by atoms with Crippen LogP contribution in [0, 0.1) is 5.82 Å². The smallest absolute Gasteiger partial charge is 0.240 e. The van der Waals surface area contributed by atoms with Gasteiger partial charge in [0.2, 0.25) is 15.8 Å². The van der Waals surface area contributed by atoms with Gasteiger partial charge in [-0.05, 0) is 43.2 Å². The average molecular weight is 449 g/mol. The van der Waals surface area contributed by atoms with Crippen molar-refractivity contribution in [2.24, 2.45) is 0 Å². The van der Waals surface area contributed by atoms with E-state index in [1.54, 1.807) is 24.4 Å². The SMILES string of the molecule is O=C(c1ccccn1)c1cnc(NCCCCCNS(=O)(=O)c2cccc(F)c2)s1. The van der Waals surface area contributed by atoms with Gasteiger partial charge in [-0.3, -0.25) is 9.78 Å². The van der Waals surface area contributed by atoms with Gasteiger partial charge in [0.05, 0.1) is 16.0 Å². The first-order valence-corrected chi connectivity index (χ1v) is 11.7. The first kappa shape index (κ1) is 22.0. The molecule has 2 N–H and O–H groups in total. The molecule has 0 bridgehead atoms. The second-order valence-electron chi connectivity index (χ2n) is 6.42. The third kappa shape index (κ3) is 6.15. The highest BCUT2D eigenvalue weighted by molar-refractivity contribution is 7.89. The van der Waals surface area contributed by atoms with Crippen LogP contribution in [0.1, 0.15) is 34.6 Å². The van der Waals surface area contributed by atoms with Crippen LogP contribution in [-0.2, 0) is 10.0 Å². The molecule has 3 aromatic rings. The molecule has 10 heteroatoms. The number of rotatable bonds is 11. The van der Waals surface area contributed by atoms with Crippen LogP contribution in [0.3, 0.4) is 0 Å². The summed E-state index contributed by atoms with van der Waals surface area (Å²) in [5.74, 6) is -0.747. The van der Waals surface area contributed by atoms with Crippen molar-refractivity contribution in [3.05, 3.63) is 71.2 Å². The zero-order valence-corrected chi connectivity index (χ0v) is 17.7. The fourth-order valence-corrected chi connectivity index (χ4v) is 4.53. The lowest BCUT2D eigenvalue weighted by Gasteiger charge is -2.07. The second-order valence-corrected chi connectivity index (χ2v) is 9.21. The van der Waals surface area contributed by atoms with E-state index in [1.165, 1.54) is 35.7 Å². The number of aromatic nitrogens is 2. The van der Waals surface area contributed by atoms with Crippen LogP contribution >= 0.6 is 11.3 Å². The second kappa shape index (κ2) is 10.4. The maximum atomic E-state index is 13.2. The molecule has 30 heavy (non-hydrogen) atoms. The summed E-state index contributed by atoms with van der Waals surface area (Å²) in [6, 6.07) is 10.1. The van der Waals surface area contributed by atoms with Crippen molar-refractivity contribution in [3.8, 4) is 0 Å². The Labute approximate surface area is 178 Å². The number of halogens is 1. The highest BCUT2D eigenvalue weighted by Gasteiger charge is 2.14. The molecule has 0 aliphatic heterocycles. The first-order chi connectivity index (χ1) is 14.5. The third-order valence-electron chi connectivity index (χ3n) is 4.16. The largest absolute Gasteiger partial charge is 0.362 e. The summed E-state index contributed by atoms with van der Waals surface area (Å²) in [7, 11) is -3.70. The summed E-state index contributed by atoms with van der Waals surface area (Å²) in [5, 5.41) is 3.82. The molecular weight excluding hydrogens is 427 g/mol. The number of nitrogens with one attached hydrogen (secondary N) is 2. The number of hydrogen-bond acceptors (Lipinski definition) is 7. The molecule has 0 saturated carbocycles. The van der Waals surface area contributed by atoms with Crippen molar-refractivity contribution in [2.75, 3.05) is 18.4 Å². The molecule has 3 rings (SSSR count). The molecule has 7 nitrogen and oxygen atoms in total. The molecular formula is C20H21FN4O3S2. The molecule has 2 heterocycles. The van der Waals surface area contributed by atoms with E-state index in [0.717, 1.165) is 18.9 Å². The monoisotopic (exact) mass is 448 g/mol. The number of anilines is 1. The van der Waals surface area contributed by atoms with Crippen molar-refractivity contribution >= 4 is 32.3 Å². The standard InChI is InChI=1S/C20H21FN4O3S2/c21-15-7-6-8-16(13-15)30(27,28)25-12-4-1-3-11-23-20-24-14-18(29-20)19(26)17-9-2-5-10-22-17/h2,5-10,13-14,25H,1,3-4,11-12H2,(H,23,24). The number of carbonyl (C=O) groups is 1. The van der Waals surface area contributed by atoms with E-state index in [4.69, 9.17) is 0 Å². The number of nitrogens with zero attached hydrogens (tertiary/aromatic N) is 2. The Morgan fingerprint density at radius 3 is 2.63 bits per heavy atom. The van der Waals surface area contributed by atoms with Crippen LogP contribution in [0.4, 0.5) is 9.52 Å². The van der Waals surface area contributed by atoms with Gasteiger partial charge >= 0.3 is 0 Å². The van der Waals surface area contributed by atoms with E-state index < -0.39 is 15.8 Å². The molecule has 0 radical (unpaired) electrons. The summed E-state index contributed by atoms with van der Waals surface area (Å²) in [4.78, 5) is 21.0. The van der Waals surface area contributed by atoms with Crippen LogP contribution < -0.4 is 10.0 Å². The summed E-state index contributed by atoms with van der Waals surface area (Å²) in [5.41, 5.74) is 0.383. The minimum absolute atomic E-state index is 0.0796. The van der Waals surface area contributed by atoms with Crippen LogP contribution in [0.15, 0.2) is 59.8 Å². The molecule has 0 fully saturated rings. The lowest BCUT2D eigenvalue weighted by molar-refractivity contribution is 0.103. The van der Waals surface area contributed by atoms with Gasteiger partial charge in [-0.2, -0.15) is 0 Å². The quantitative estimate of drug-likeness (QED) is 0.344. The maximum absolute atomic E-state index is 13.2. The molecule has 0 saturated heterocycles. The third-order valence-corrected chi connectivity index (χ3v) is 6.57. The molecule has 0 amide bonds. The molecule has 0 spiro atoms. The van der Waals surface area contributed by atoms with E-state index in [0.29, 0.717) is 28.7 Å². The fourth-order valence-electron chi connectivity index (χ4n) is 2.63. The van der Waals surface area contributed by atoms with Crippen molar-refractivity contribution in [3.63, 3.8) is 0 Å². The van der Waals surface area contributed by atoms with E-state index >= 15 is 0 Å². The number of unbranched alkanes of at least 4 members (excludes halogenated alkanes) is 2. The van der Waals surface area contributed by atoms with Crippen molar-refractivity contribution in [1.82, 2.24) is 14.7 Å². The van der Waals surface area contributed by atoms with Gasteiger partial charge in [0.15, 0.2) is 5.13 Å². The molecule has 0 aliphatic rings. The van der Waals surface area contributed by atoms with Gasteiger partial charge in [0.25, 0.3) is 0 Å². The van der Waals surface area contributed by atoms with E-state index in [2.05, 4.69) is 20.0 Å². The molecule has 158 valence electrons. The van der Waals surface area contributed by atoms with Crippen LogP contribution in [-0.4, -0.2) is 37.3 Å². The maximum Gasteiger partial charge on any atom is 0.240 e. The van der Waals surface area contributed by atoms with Gasteiger partial charge in [0.1, 0.15) is 11.5 Å². The Morgan fingerprint density at radius 1 is 1.03 bits per heavy atom. The van der Waals surface area contributed by atoms with Gasteiger partial charge in [-0.1, -0.05) is 29.9 Å². The van der Waals surface area contributed by atoms with E-state index in [1.807, 2.05) is 0 Å². The zero-order valence-electron chi connectivity index (χ0n) is 16.0.